The van der Waals surface area contributed by atoms with Gasteiger partial charge < -0.3 is 4.90 Å². The van der Waals surface area contributed by atoms with Gasteiger partial charge >= 0.3 is 0 Å². The molecule has 0 aromatic carbocycles. The normalized spacial score (nSPS) is 29.4. The van der Waals surface area contributed by atoms with Crippen LogP contribution in [0.15, 0.2) is 12.4 Å². The van der Waals surface area contributed by atoms with Crippen molar-refractivity contribution in [2.75, 3.05) is 24.5 Å². The van der Waals surface area contributed by atoms with Gasteiger partial charge in [-0.3, -0.25) is 4.90 Å². The largest absolute Gasteiger partial charge is 0.335 e. The van der Waals surface area contributed by atoms with E-state index in [0.29, 0.717) is 12.1 Å². The highest BCUT2D eigenvalue weighted by molar-refractivity contribution is 14.1. The first-order valence-corrected chi connectivity index (χ1v) is 7.30. The maximum Gasteiger partial charge on any atom is 0.225 e. The van der Waals surface area contributed by atoms with Crippen molar-refractivity contribution in [1.82, 2.24) is 14.9 Å². The second kappa shape index (κ2) is 4.68. The summed E-state index contributed by atoms with van der Waals surface area (Å²) in [6.07, 6.45) is 6.47. The molecule has 0 bridgehead atoms. The first-order chi connectivity index (χ1) is 8.24. The summed E-state index contributed by atoms with van der Waals surface area (Å²) < 4.78 is 1.10. The van der Waals surface area contributed by atoms with E-state index in [2.05, 4.69) is 49.3 Å². The molecule has 4 nitrogen and oxygen atoms in total. The number of piperazine rings is 1. The van der Waals surface area contributed by atoms with Gasteiger partial charge in [0.1, 0.15) is 0 Å². The molecule has 92 valence electrons. The Bertz CT molecular complexity index is 394. The molecule has 2 aliphatic rings. The first-order valence-electron chi connectivity index (χ1n) is 6.22. The van der Waals surface area contributed by atoms with Crippen LogP contribution in [0.4, 0.5) is 5.95 Å². The van der Waals surface area contributed by atoms with Gasteiger partial charge in [-0.25, -0.2) is 9.97 Å². The molecule has 0 N–H and O–H groups in total. The number of anilines is 1. The lowest BCUT2D eigenvalue weighted by Gasteiger charge is -2.42. The van der Waals surface area contributed by atoms with Gasteiger partial charge in [0, 0.05) is 41.1 Å². The molecule has 1 aromatic rings. The molecular weight excluding hydrogens is 327 g/mol. The topological polar surface area (TPSA) is 32.3 Å². The van der Waals surface area contributed by atoms with Crippen molar-refractivity contribution < 1.29 is 0 Å². The minimum atomic E-state index is 0.518. The summed E-state index contributed by atoms with van der Waals surface area (Å²) in [4.78, 5) is 13.9. The summed E-state index contributed by atoms with van der Waals surface area (Å²) in [6, 6.07) is 1.23. The Morgan fingerprint density at radius 2 is 2.06 bits per heavy atom. The van der Waals surface area contributed by atoms with E-state index in [1.54, 1.807) is 0 Å². The van der Waals surface area contributed by atoms with E-state index in [1.807, 2.05) is 12.4 Å². The fourth-order valence-corrected chi connectivity index (χ4v) is 3.20. The van der Waals surface area contributed by atoms with Crippen LogP contribution < -0.4 is 4.90 Å². The van der Waals surface area contributed by atoms with Gasteiger partial charge in [-0.1, -0.05) is 0 Å². The van der Waals surface area contributed by atoms with Gasteiger partial charge in [0.05, 0.1) is 0 Å². The second-order valence-corrected chi connectivity index (χ2v) is 6.24. The van der Waals surface area contributed by atoms with Crippen LogP contribution >= 0.6 is 22.6 Å². The van der Waals surface area contributed by atoms with Gasteiger partial charge in [-0.05, 0) is 48.9 Å². The molecular formula is C12H17IN4. The number of fused-ring (bicyclic) bond motifs is 1. The van der Waals surface area contributed by atoms with Crippen LogP contribution in [-0.4, -0.2) is 46.6 Å². The molecule has 3 rings (SSSR count). The quantitative estimate of drug-likeness (QED) is 0.727. The van der Waals surface area contributed by atoms with Crippen LogP contribution in [0.5, 0.6) is 0 Å². The van der Waals surface area contributed by atoms with Crippen LogP contribution in [0.2, 0.25) is 0 Å². The zero-order chi connectivity index (χ0) is 11.8. The molecule has 3 heterocycles. The summed E-state index contributed by atoms with van der Waals surface area (Å²) in [5, 5.41) is 0. The van der Waals surface area contributed by atoms with Crippen LogP contribution in [0.1, 0.15) is 19.8 Å². The Balaban J connectivity index is 1.80. The minimum absolute atomic E-state index is 0.518. The van der Waals surface area contributed by atoms with Crippen molar-refractivity contribution in [1.29, 1.82) is 0 Å². The van der Waals surface area contributed by atoms with Crippen molar-refractivity contribution in [3.63, 3.8) is 0 Å². The van der Waals surface area contributed by atoms with E-state index in [9.17, 15) is 0 Å². The Morgan fingerprint density at radius 3 is 2.82 bits per heavy atom. The maximum absolute atomic E-state index is 4.46. The first kappa shape index (κ1) is 11.6. The summed E-state index contributed by atoms with van der Waals surface area (Å²) in [7, 11) is 0. The van der Waals surface area contributed by atoms with Crippen molar-refractivity contribution in [3.05, 3.63) is 16.0 Å². The van der Waals surface area contributed by atoms with Crippen LogP contribution in [0.3, 0.4) is 0 Å². The molecule has 0 amide bonds. The lowest BCUT2D eigenvalue weighted by Crippen LogP contribution is -2.55. The maximum atomic E-state index is 4.46. The monoisotopic (exact) mass is 344 g/mol. The molecule has 0 aliphatic carbocycles. The molecule has 2 aliphatic heterocycles. The average Bonchev–Trinajstić information content (AvgIpc) is 2.76. The van der Waals surface area contributed by atoms with Crippen LogP contribution in [-0.2, 0) is 0 Å². The van der Waals surface area contributed by atoms with E-state index in [1.165, 1.54) is 19.4 Å². The highest BCUT2D eigenvalue weighted by Crippen LogP contribution is 2.26. The van der Waals surface area contributed by atoms with Crippen LogP contribution in [0.25, 0.3) is 0 Å². The van der Waals surface area contributed by atoms with E-state index < -0.39 is 0 Å². The number of rotatable bonds is 1. The Labute approximate surface area is 116 Å². The number of hydrogen-bond donors (Lipinski definition) is 0. The molecule has 0 radical (unpaired) electrons. The van der Waals surface area contributed by atoms with Crippen LogP contribution in [0, 0.1) is 3.57 Å². The molecule has 17 heavy (non-hydrogen) atoms. The van der Waals surface area contributed by atoms with E-state index in [-0.39, 0.29) is 0 Å². The Hall–Kier alpha value is -0.430. The number of aromatic nitrogens is 2. The predicted molar refractivity (Wildman–Crippen MR) is 76.2 cm³/mol. The van der Waals surface area contributed by atoms with Gasteiger partial charge in [0.25, 0.3) is 0 Å². The van der Waals surface area contributed by atoms with E-state index in [0.717, 1.165) is 22.6 Å². The SMILES string of the molecule is CC1CN2CCCC2CN1c1ncc(I)cn1. The third kappa shape index (κ3) is 2.27. The molecule has 5 heteroatoms. The Kier molecular flexibility index (Phi) is 3.21. The zero-order valence-corrected chi connectivity index (χ0v) is 12.2. The van der Waals surface area contributed by atoms with Gasteiger partial charge in [-0.15, -0.1) is 0 Å². The smallest absolute Gasteiger partial charge is 0.225 e. The summed E-state index contributed by atoms with van der Waals surface area (Å²) in [5.74, 6) is 0.893. The number of hydrogen-bond acceptors (Lipinski definition) is 4. The number of nitrogens with zero attached hydrogens (tertiary/aromatic N) is 4. The van der Waals surface area contributed by atoms with Crippen molar-refractivity contribution >= 4 is 28.5 Å². The fourth-order valence-electron chi connectivity index (χ4n) is 2.92. The van der Waals surface area contributed by atoms with Gasteiger partial charge in [0.15, 0.2) is 0 Å². The molecule has 0 spiro atoms. The van der Waals surface area contributed by atoms with Gasteiger partial charge in [-0.2, -0.15) is 0 Å². The summed E-state index contributed by atoms with van der Waals surface area (Å²) in [6.45, 7) is 5.79. The lowest BCUT2D eigenvalue weighted by atomic mass is 10.1. The molecule has 2 fully saturated rings. The molecule has 2 saturated heterocycles. The predicted octanol–water partition coefficient (Wildman–Crippen LogP) is 1.75. The third-order valence-electron chi connectivity index (χ3n) is 3.80. The Morgan fingerprint density at radius 1 is 1.29 bits per heavy atom. The van der Waals surface area contributed by atoms with Crippen molar-refractivity contribution in [2.45, 2.75) is 31.8 Å². The van der Waals surface area contributed by atoms with Gasteiger partial charge in [0.2, 0.25) is 5.95 Å². The fraction of sp³-hybridized carbons (Fsp3) is 0.667. The minimum Gasteiger partial charge on any atom is -0.335 e. The highest BCUT2D eigenvalue weighted by Gasteiger charge is 2.35. The highest BCUT2D eigenvalue weighted by atomic mass is 127. The lowest BCUT2D eigenvalue weighted by molar-refractivity contribution is 0.201. The third-order valence-corrected chi connectivity index (χ3v) is 4.36. The molecule has 2 unspecified atom stereocenters. The van der Waals surface area contributed by atoms with Crippen molar-refractivity contribution in [3.8, 4) is 0 Å². The standard InChI is InChI=1S/C12H17IN4/c1-9-7-16-4-2-3-11(16)8-17(9)12-14-5-10(13)6-15-12/h5-6,9,11H,2-4,7-8H2,1H3. The van der Waals surface area contributed by atoms with E-state index in [4.69, 9.17) is 0 Å². The van der Waals surface area contributed by atoms with E-state index >= 15 is 0 Å². The summed E-state index contributed by atoms with van der Waals surface area (Å²) >= 11 is 2.25. The molecule has 1 aromatic heterocycles. The molecule has 2 atom stereocenters. The average molecular weight is 344 g/mol. The van der Waals surface area contributed by atoms with Crippen molar-refractivity contribution in [2.24, 2.45) is 0 Å². The summed E-state index contributed by atoms with van der Waals surface area (Å²) in [5.41, 5.74) is 0. The number of halogens is 1. The zero-order valence-electron chi connectivity index (χ0n) is 10.0. The second-order valence-electron chi connectivity index (χ2n) is 4.99. The molecule has 0 saturated carbocycles.